The molecule has 1 heterocycles. The van der Waals surface area contributed by atoms with Crippen LogP contribution in [0.15, 0.2) is 24.3 Å². The van der Waals surface area contributed by atoms with Crippen LogP contribution in [0.25, 0.3) is 0 Å². The van der Waals surface area contributed by atoms with Crippen molar-refractivity contribution in [3.8, 4) is 5.75 Å². The highest BCUT2D eigenvalue weighted by Gasteiger charge is 2.49. The number of rotatable bonds is 7. The van der Waals surface area contributed by atoms with Crippen molar-refractivity contribution in [2.45, 2.75) is 13.3 Å². The fraction of sp³-hybridized carbons (Fsp3) is 0.500. The summed E-state index contributed by atoms with van der Waals surface area (Å²) in [4.78, 5) is 23.9. The lowest BCUT2D eigenvalue weighted by Crippen LogP contribution is -2.67. The lowest BCUT2D eigenvalue weighted by Gasteiger charge is -2.42. The topological polar surface area (TPSA) is 92.8 Å². The molecule has 1 N–H and O–H groups in total. The molecule has 0 aromatic heterocycles. The molecule has 9 heteroatoms. The standard InChI is InChI=1S/C16H22N3O5S/c1-14(21)17-25(22,23)19(15-6-3-4-7-16(15)24-2)11-9-18(10-12-19)8-5-13-20/h3-4,6-7H,5,8-12H2,1-2H3/p+1. The minimum Gasteiger partial charge on any atom is -0.491 e. The first-order chi connectivity index (χ1) is 11.9. The number of quaternary nitrogens is 1. The van der Waals surface area contributed by atoms with Gasteiger partial charge in [0.05, 0.1) is 7.11 Å². The number of piperazine rings is 1. The van der Waals surface area contributed by atoms with Crippen molar-refractivity contribution in [3.05, 3.63) is 24.3 Å². The Morgan fingerprint density at radius 3 is 2.52 bits per heavy atom. The first-order valence-electron chi connectivity index (χ1n) is 7.98. The summed E-state index contributed by atoms with van der Waals surface area (Å²) in [6, 6.07) is 6.91. The zero-order valence-corrected chi connectivity index (χ0v) is 15.2. The van der Waals surface area contributed by atoms with Crippen LogP contribution in [0.4, 0.5) is 5.69 Å². The third-order valence-corrected chi connectivity index (χ3v) is 6.37. The second-order valence-electron chi connectivity index (χ2n) is 5.88. The molecule has 1 radical (unpaired) electrons. The molecule has 1 aromatic rings. The molecule has 2 rings (SSSR count). The molecule has 0 spiro atoms. The Morgan fingerprint density at radius 1 is 1.32 bits per heavy atom. The van der Waals surface area contributed by atoms with E-state index in [0.717, 1.165) is 0 Å². The third kappa shape index (κ3) is 4.00. The molecular formula is C16H23N3O5S+. The van der Waals surface area contributed by atoms with Gasteiger partial charge in [0.1, 0.15) is 13.1 Å². The summed E-state index contributed by atoms with van der Waals surface area (Å²) >= 11 is 0. The summed E-state index contributed by atoms with van der Waals surface area (Å²) in [5.74, 6) is -0.184. The number of nitrogens with one attached hydrogen (secondary N) is 1. The summed E-state index contributed by atoms with van der Waals surface area (Å²) in [5.41, 5.74) is 0.486. The number of carbonyl (C=O) groups is 1. The first-order valence-corrected chi connectivity index (χ1v) is 9.42. The van der Waals surface area contributed by atoms with E-state index in [9.17, 15) is 18.0 Å². The molecule has 1 saturated heterocycles. The molecular weight excluding hydrogens is 346 g/mol. The van der Waals surface area contributed by atoms with Gasteiger partial charge < -0.3 is 4.74 Å². The van der Waals surface area contributed by atoms with E-state index in [1.54, 1.807) is 24.3 Å². The molecule has 25 heavy (non-hydrogen) atoms. The van der Waals surface area contributed by atoms with Crippen LogP contribution in [0.2, 0.25) is 0 Å². The molecule has 1 aliphatic heterocycles. The maximum absolute atomic E-state index is 13.0. The maximum Gasteiger partial charge on any atom is 0.401 e. The number of nitrogens with zero attached hydrogens (tertiary/aromatic N) is 2. The van der Waals surface area contributed by atoms with Crippen LogP contribution in [0.1, 0.15) is 13.3 Å². The van der Waals surface area contributed by atoms with Gasteiger partial charge in [-0.2, -0.15) is 12.3 Å². The highest BCUT2D eigenvalue weighted by Crippen LogP contribution is 2.37. The van der Waals surface area contributed by atoms with Crippen molar-refractivity contribution >= 4 is 28.1 Å². The summed E-state index contributed by atoms with van der Waals surface area (Å²) in [7, 11) is -2.54. The van der Waals surface area contributed by atoms with Crippen LogP contribution in [0.5, 0.6) is 5.75 Å². The molecule has 0 saturated carbocycles. The summed E-state index contributed by atoms with van der Waals surface area (Å²) in [6.07, 6.45) is 2.13. The maximum atomic E-state index is 13.0. The Kier molecular flexibility index (Phi) is 6.15. The summed E-state index contributed by atoms with van der Waals surface area (Å²) in [6.45, 7) is 3.13. The van der Waals surface area contributed by atoms with Crippen LogP contribution in [0, 0.1) is 0 Å². The monoisotopic (exact) mass is 369 g/mol. The molecule has 0 unspecified atom stereocenters. The Balaban J connectivity index is 2.44. The summed E-state index contributed by atoms with van der Waals surface area (Å²) in [5, 5.41) is 0. The zero-order chi connectivity index (χ0) is 18.5. The average Bonchev–Trinajstić information content (AvgIpc) is 2.59. The lowest BCUT2D eigenvalue weighted by atomic mass is 10.2. The van der Waals surface area contributed by atoms with E-state index >= 15 is 0 Å². The Hall–Kier alpha value is -1.97. The van der Waals surface area contributed by atoms with Gasteiger partial charge in [-0.05, 0) is 6.07 Å². The fourth-order valence-corrected chi connectivity index (χ4v) is 4.69. The molecule has 8 nitrogen and oxygen atoms in total. The molecule has 1 fully saturated rings. The van der Waals surface area contributed by atoms with Gasteiger partial charge in [0, 0.05) is 39.0 Å². The van der Waals surface area contributed by atoms with E-state index in [-0.39, 0.29) is 19.5 Å². The van der Waals surface area contributed by atoms with E-state index in [4.69, 9.17) is 4.74 Å². The third-order valence-electron chi connectivity index (χ3n) is 4.34. The van der Waals surface area contributed by atoms with Gasteiger partial charge in [0.25, 0.3) is 0 Å². The van der Waals surface area contributed by atoms with Crippen molar-refractivity contribution in [3.63, 3.8) is 0 Å². The number of ether oxygens (including phenoxy) is 1. The van der Waals surface area contributed by atoms with Gasteiger partial charge in [-0.25, -0.2) is 4.72 Å². The van der Waals surface area contributed by atoms with Crippen LogP contribution in [-0.2, 0) is 19.8 Å². The number of benzene rings is 1. The molecule has 137 valence electrons. The predicted molar refractivity (Wildman–Crippen MR) is 94.0 cm³/mol. The van der Waals surface area contributed by atoms with Gasteiger partial charge in [-0.1, -0.05) is 12.1 Å². The Bertz CT molecular complexity index is 727. The molecule has 1 aliphatic rings. The summed E-state index contributed by atoms with van der Waals surface area (Å²) < 4.78 is 33.1. The second-order valence-corrected chi connectivity index (χ2v) is 7.73. The van der Waals surface area contributed by atoms with E-state index in [1.165, 1.54) is 14.0 Å². The Morgan fingerprint density at radius 2 is 1.96 bits per heavy atom. The second kappa shape index (κ2) is 7.94. The SMILES string of the molecule is COc1ccccc1[N+]1(S(=O)(=O)NC(C)=O)CCN(CC[C]=O)CC1. The van der Waals surface area contributed by atoms with Gasteiger partial charge in [-0.3, -0.25) is 14.5 Å². The number of carbonyl (C=O) groups excluding carboxylic acids is 2. The quantitative estimate of drug-likeness (QED) is 0.690. The predicted octanol–water partition coefficient (Wildman–Crippen LogP) is 0.199. The number of para-hydroxylation sites is 2. The largest absolute Gasteiger partial charge is 0.491 e. The van der Waals surface area contributed by atoms with E-state index in [0.29, 0.717) is 31.1 Å². The van der Waals surface area contributed by atoms with Gasteiger partial charge in [0.2, 0.25) is 5.91 Å². The molecule has 0 bridgehead atoms. The Labute approximate surface area is 148 Å². The highest BCUT2D eigenvalue weighted by atomic mass is 32.2. The number of amides is 1. The molecule has 1 amide bonds. The fourth-order valence-electron chi connectivity index (χ4n) is 3.10. The van der Waals surface area contributed by atoms with Crippen LogP contribution < -0.4 is 13.3 Å². The van der Waals surface area contributed by atoms with Gasteiger partial charge in [0.15, 0.2) is 17.7 Å². The van der Waals surface area contributed by atoms with Crippen molar-refractivity contribution in [2.24, 2.45) is 0 Å². The molecule has 0 aliphatic carbocycles. The normalized spacial score (nSPS) is 17.7. The van der Waals surface area contributed by atoms with Gasteiger partial charge >= 0.3 is 10.2 Å². The van der Waals surface area contributed by atoms with Crippen molar-refractivity contribution in [1.82, 2.24) is 13.5 Å². The van der Waals surface area contributed by atoms with E-state index < -0.39 is 20.0 Å². The number of hydrogen-bond acceptors (Lipinski definition) is 6. The smallest absolute Gasteiger partial charge is 0.401 e. The minimum atomic E-state index is -4.02. The highest BCUT2D eigenvalue weighted by molar-refractivity contribution is 7.89. The zero-order valence-electron chi connectivity index (χ0n) is 14.4. The van der Waals surface area contributed by atoms with Crippen molar-refractivity contribution in [1.29, 1.82) is 0 Å². The number of hydrogen-bond donors (Lipinski definition) is 1. The first kappa shape index (κ1) is 19.4. The van der Waals surface area contributed by atoms with Gasteiger partial charge in [-0.15, -0.1) is 0 Å². The van der Waals surface area contributed by atoms with Crippen LogP contribution >= 0.6 is 0 Å². The molecule has 1 aromatic carbocycles. The van der Waals surface area contributed by atoms with Crippen LogP contribution in [0.3, 0.4) is 0 Å². The minimum absolute atomic E-state index is 0.238. The van der Waals surface area contributed by atoms with E-state index in [1.807, 2.05) is 11.2 Å². The number of methoxy groups -OCH3 is 1. The average molecular weight is 369 g/mol. The van der Waals surface area contributed by atoms with E-state index in [2.05, 4.69) is 4.72 Å². The molecule has 0 atom stereocenters. The van der Waals surface area contributed by atoms with Crippen molar-refractivity contribution < 1.29 is 22.7 Å². The lowest BCUT2D eigenvalue weighted by molar-refractivity contribution is -0.117. The van der Waals surface area contributed by atoms with Crippen LogP contribution in [-0.4, -0.2) is 65.3 Å². The van der Waals surface area contributed by atoms with Crippen molar-refractivity contribution in [2.75, 3.05) is 39.8 Å².